The summed E-state index contributed by atoms with van der Waals surface area (Å²) in [6.07, 6.45) is 1.39. The molecular formula is C11H20O4. The number of hydrogen-bond acceptors (Lipinski definition) is 4. The summed E-state index contributed by atoms with van der Waals surface area (Å²) in [5.41, 5.74) is -0.435. The zero-order valence-electron chi connectivity index (χ0n) is 9.40. The molecule has 15 heavy (non-hydrogen) atoms. The molecule has 2 rings (SSSR count). The fraction of sp³-hybridized carbons (Fsp3) is 1.00. The molecule has 2 aliphatic heterocycles. The summed E-state index contributed by atoms with van der Waals surface area (Å²) in [7, 11) is 0. The first-order chi connectivity index (χ1) is 6.95. The SMILES string of the molecule is CC1(C)C[C@H](O)[C@H](O)[C@@]2(CCCCO2)O1. The molecule has 0 aromatic rings. The van der Waals surface area contributed by atoms with E-state index < -0.39 is 23.6 Å². The van der Waals surface area contributed by atoms with Gasteiger partial charge in [-0.25, -0.2) is 0 Å². The molecule has 4 heteroatoms. The van der Waals surface area contributed by atoms with Crippen molar-refractivity contribution in [1.29, 1.82) is 0 Å². The predicted octanol–water partition coefficient (Wildman–Crippen LogP) is 0.804. The van der Waals surface area contributed by atoms with Gasteiger partial charge in [0.1, 0.15) is 6.10 Å². The minimum Gasteiger partial charge on any atom is -0.390 e. The molecule has 3 atom stereocenters. The molecule has 0 unspecified atom stereocenters. The van der Waals surface area contributed by atoms with Crippen molar-refractivity contribution in [2.75, 3.05) is 6.61 Å². The van der Waals surface area contributed by atoms with Crippen molar-refractivity contribution in [2.45, 2.75) is 63.1 Å². The molecule has 0 radical (unpaired) electrons. The Morgan fingerprint density at radius 3 is 2.53 bits per heavy atom. The molecule has 0 aromatic carbocycles. The summed E-state index contributed by atoms with van der Waals surface area (Å²) in [5, 5.41) is 19.8. The molecule has 2 saturated heterocycles. The van der Waals surface area contributed by atoms with Gasteiger partial charge in [0.25, 0.3) is 0 Å². The average Bonchev–Trinajstić information content (AvgIpc) is 2.14. The highest BCUT2D eigenvalue weighted by Gasteiger charge is 2.53. The molecule has 0 aliphatic carbocycles. The zero-order valence-corrected chi connectivity index (χ0v) is 9.40. The molecule has 0 aromatic heterocycles. The lowest BCUT2D eigenvalue weighted by Crippen LogP contribution is -2.63. The minimum absolute atomic E-state index is 0.435. The Bertz CT molecular complexity index is 233. The molecular weight excluding hydrogens is 196 g/mol. The first kappa shape index (κ1) is 11.3. The largest absolute Gasteiger partial charge is 0.390 e. The Morgan fingerprint density at radius 2 is 1.93 bits per heavy atom. The molecule has 2 heterocycles. The third-order valence-electron chi connectivity index (χ3n) is 3.23. The van der Waals surface area contributed by atoms with E-state index >= 15 is 0 Å². The molecule has 2 fully saturated rings. The maximum Gasteiger partial charge on any atom is 0.197 e. The summed E-state index contributed by atoms with van der Waals surface area (Å²) in [4.78, 5) is 0. The lowest BCUT2D eigenvalue weighted by Gasteiger charge is -2.51. The van der Waals surface area contributed by atoms with Crippen LogP contribution in [0.4, 0.5) is 0 Å². The Kier molecular flexibility index (Phi) is 2.79. The van der Waals surface area contributed by atoms with E-state index in [9.17, 15) is 10.2 Å². The summed E-state index contributed by atoms with van der Waals surface area (Å²) in [5.74, 6) is -0.973. The Balaban J connectivity index is 2.20. The average molecular weight is 216 g/mol. The second-order valence-electron chi connectivity index (χ2n) is 5.20. The summed E-state index contributed by atoms with van der Waals surface area (Å²) < 4.78 is 11.4. The van der Waals surface area contributed by atoms with Crippen molar-refractivity contribution in [3.8, 4) is 0 Å². The lowest BCUT2D eigenvalue weighted by atomic mass is 9.85. The van der Waals surface area contributed by atoms with E-state index in [-0.39, 0.29) is 0 Å². The van der Waals surface area contributed by atoms with Crippen molar-refractivity contribution in [3.63, 3.8) is 0 Å². The normalized spacial score (nSPS) is 45.6. The third kappa shape index (κ3) is 2.04. The van der Waals surface area contributed by atoms with Crippen LogP contribution in [-0.4, -0.2) is 40.4 Å². The number of ether oxygens (including phenoxy) is 2. The highest BCUT2D eigenvalue weighted by Crippen LogP contribution is 2.41. The van der Waals surface area contributed by atoms with Crippen molar-refractivity contribution in [3.05, 3.63) is 0 Å². The molecule has 1 spiro atoms. The number of aliphatic hydroxyl groups is 2. The quantitative estimate of drug-likeness (QED) is 0.629. The van der Waals surface area contributed by atoms with Gasteiger partial charge in [-0.15, -0.1) is 0 Å². The highest BCUT2D eigenvalue weighted by atomic mass is 16.7. The molecule has 0 amide bonds. The summed E-state index contributed by atoms with van der Waals surface area (Å²) in [6, 6.07) is 0. The van der Waals surface area contributed by atoms with Gasteiger partial charge in [-0.05, 0) is 26.7 Å². The van der Waals surface area contributed by atoms with Gasteiger partial charge in [0.15, 0.2) is 5.79 Å². The van der Waals surface area contributed by atoms with Crippen LogP contribution in [-0.2, 0) is 9.47 Å². The van der Waals surface area contributed by atoms with Crippen molar-refractivity contribution in [2.24, 2.45) is 0 Å². The molecule has 0 bridgehead atoms. The van der Waals surface area contributed by atoms with E-state index in [1.165, 1.54) is 0 Å². The first-order valence-corrected chi connectivity index (χ1v) is 5.65. The van der Waals surface area contributed by atoms with Gasteiger partial charge < -0.3 is 19.7 Å². The summed E-state index contributed by atoms with van der Waals surface area (Å²) >= 11 is 0. The Morgan fingerprint density at radius 1 is 1.20 bits per heavy atom. The van der Waals surface area contributed by atoms with Crippen LogP contribution in [0.5, 0.6) is 0 Å². The number of rotatable bonds is 0. The maximum absolute atomic E-state index is 9.99. The predicted molar refractivity (Wildman–Crippen MR) is 54.3 cm³/mol. The Labute approximate surface area is 90.2 Å². The van der Waals surface area contributed by atoms with Crippen LogP contribution in [0.25, 0.3) is 0 Å². The van der Waals surface area contributed by atoms with Gasteiger partial charge in [0.2, 0.25) is 0 Å². The smallest absolute Gasteiger partial charge is 0.197 e. The van der Waals surface area contributed by atoms with Crippen molar-refractivity contribution in [1.82, 2.24) is 0 Å². The van der Waals surface area contributed by atoms with Gasteiger partial charge in [-0.2, -0.15) is 0 Å². The van der Waals surface area contributed by atoms with Gasteiger partial charge in [-0.1, -0.05) is 0 Å². The lowest BCUT2D eigenvalue weighted by molar-refractivity contribution is -0.370. The van der Waals surface area contributed by atoms with E-state index in [1.54, 1.807) is 0 Å². The second-order valence-corrected chi connectivity index (χ2v) is 5.20. The van der Waals surface area contributed by atoms with E-state index in [0.717, 1.165) is 12.8 Å². The number of hydrogen-bond donors (Lipinski definition) is 2. The molecule has 4 nitrogen and oxygen atoms in total. The zero-order chi connectivity index (χ0) is 11.1. The molecule has 88 valence electrons. The van der Waals surface area contributed by atoms with Gasteiger partial charge in [-0.3, -0.25) is 0 Å². The van der Waals surface area contributed by atoms with Crippen LogP contribution in [0.15, 0.2) is 0 Å². The fourth-order valence-corrected chi connectivity index (χ4v) is 2.58. The van der Waals surface area contributed by atoms with Crippen LogP contribution in [0.1, 0.15) is 39.5 Å². The second kappa shape index (κ2) is 3.70. The van der Waals surface area contributed by atoms with Crippen LogP contribution in [0, 0.1) is 0 Å². The van der Waals surface area contributed by atoms with E-state index in [1.807, 2.05) is 13.8 Å². The van der Waals surface area contributed by atoms with Crippen LogP contribution in [0.2, 0.25) is 0 Å². The van der Waals surface area contributed by atoms with Gasteiger partial charge >= 0.3 is 0 Å². The molecule has 0 saturated carbocycles. The standard InChI is InChI=1S/C11H20O4/c1-10(2)7-8(12)9(13)11(15-10)5-3-4-6-14-11/h8-9,12-13H,3-7H2,1-2H3/t8-,9-,11+/m0/s1. The van der Waals surface area contributed by atoms with Crippen LogP contribution < -0.4 is 0 Å². The molecule has 2 N–H and O–H groups in total. The Hall–Kier alpha value is -0.160. The van der Waals surface area contributed by atoms with Crippen molar-refractivity contribution < 1.29 is 19.7 Å². The molecule has 2 aliphatic rings. The topological polar surface area (TPSA) is 58.9 Å². The third-order valence-corrected chi connectivity index (χ3v) is 3.23. The van der Waals surface area contributed by atoms with E-state index in [2.05, 4.69) is 0 Å². The monoisotopic (exact) mass is 216 g/mol. The van der Waals surface area contributed by atoms with Gasteiger partial charge in [0, 0.05) is 12.8 Å². The van der Waals surface area contributed by atoms with Gasteiger partial charge in [0.05, 0.1) is 18.3 Å². The highest BCUT2D eigenvalue weighted by molar-refractivity contribution is 4.96. The minimum atomic E-state index is -0.973. The van der Waals surface area contributed by atoms with Crippen molar-refractivity contribution >= 4 is 0 Å². The maximum atomic E-state index is 9.99. The summed E-state index contributed by atoms with van der Waals surface area (Å²) in [6.45, 7) is 4.43. The van der Waals surface area contributed by atoms with E-state index in [0.29, 0.717) is 19.4 Å². The number of aliphatic hydroxyl groups excluding tert-OH is 2. The first-order valence-electron chi connectivity index (χ1n) is 5.65. The van der Waals surface area contributed by atoms with Crippen LogP contribution in [0.3, 0.4) is 0 Å². The van der Waals surface area contributed by atoms with E-state index in [4.69, 9.17) is 9.47 Å². The van der Waals surface area contributed by atoms with Crippen LogP contribution >= 0.6 is 0 Å². The fourth-order valence-electron chi connectivity index (χ4n) is 2.58.